The zero-order valence-corrected chi connectivity index (χ0v) is 8.63. The molecule has 1 aliphatic heterocycles. The van der Waals surface area contributed by atoms with Crippen molar-refractivity contribution in [2.75, 3.05) is 23.9 Å². The van der Waals surface area contributed by atoms with E-state index >= 15 is 0 Å². The molecule has 0 bridgehead atoms. The number of anilines is 2. The van der Waals surface area contributed by atoms with E-state index in [2.05, 4.69) is 56.5 Å². The van der Waals surface area contributed by atoms with Crippen molar-refractivity contribution in [3.8, 4) is 0 Å². The van der Waals surface area contributed by atoms with Gasteiger partial charge in [-0.3, -0.25) is 0 Å². The highest BCUT2D eigenvalue weighted by Crippen LogP contribution is 2.39. The minimum Gasteiger partial charge on any atom is -0.349 e. The van der Waals surface area contributed by atoms with Crippen molar-refractivity contribution in [1.82, 2.24) is 0 Å². The Labute approximate surface area is 79.8 Å². The maximum absolute atomic E-state index is 2.18. The average molecular weight is 175 g/mol. The number of benzene rings is 1. The first kappa shape index (κ1) is 8.42. The molecule has 2 nitrogen and oxygen atoms in total. The van der Waals surface area contributed by atoms with E-state index in [1.54, 1.807) is 0 Å². The summed E-state index contributed by atoms with van der Waals surface area (Å²) in [5.41, 5.74) is 5.36. The molecule has 0 N–H and O–H groups in total. The number of rotatable bonds is 0. The Morgan fingerprint density at radius 2 is 1.69 bits per heavy atom. The van der Waals surface area contributed by atoms with Crippen LogP contribution < -0.4 is 9.80 Å². The molecule has 1 aromatic carbocycles. The van der Waals surface area contributed by atoms with Crippen molar-refractivity contribution in [2.45, 2.75) is 13.8 Å². The van der Waals surface area contributed by atoms with Gasteiger partial charge in [0, 0.05) is 14.1 Å². The largest absolute Gasteiger partial charge is 0.349 e. The second-order valence-corrected chi connectivity index (χ2v) is 3.71. The Kier molecular flexibility index (Phi) is 1.72. The highest BCUT2D eigenvalue weighted by atomic mass is 15.3. The molecule has 0 aromatic heterocycles. The summed E-state index contributed by atoms with van der Waals surface area (Å²) in [5, 5.41) is 0. The molecule has 69 valence electrons. The van der Waals surface area contributed by atoms with Gasteiger partial charge in [0.25, 0.3) is 0 Å². The van der Waals surface area contributed by atoms with Gasteiger partial charge in [-0.05, 0) is 31.0 Å². The van der Waals surface area contributed by atoms with E-state index in [-0.39, 0.29) is 0 Å². The summed E-state index contributed by atoms with van der Waals surface area (Å²) >= 11 is 0. The Balaban J connectivity index is 2.64. The molecular weight excluding hydrogens is 160 g/mol. The normalized spacial score (nSPS) is 15.1. The Hall–Kier alpha value is -1.18. The smallest absolute Gasteiger partial charge is 0.141 e. The van der Waals surface area contributed by atoms with Crippen molar-refractivity contribution in [3.05, 3.63) is 29.9 Å². The fraction of sp³-hybridized carbons (Fsp3) is 0.364. The summed E-state index contributed by atoms with van der Waals surface area (Å²) < 4.78 is 0. The fourth-order valence-electron chi connectivity index (χ4n) is 1.90. The lowest BCUT2D eigenvalue weighted by Gasteiger charge is -2.13. The zero-order chi connectivity index (χ0) is 9.59. The van der Waals surface area contributed by atoms with Gasteiger partial charge in [0.2, 0.25) is 0 Å². The van der Waals surface area contributed by atoms with Crippen LogP contribution in [0.2, 0.25) is 0 Å². The van der Waals surface area contributed by atoms with E-state index in [4.69, 9.17) is 0 Å². The van der Waals surface area contributed by atoms with Gasteiger partial charge in [0.1, 0.15) is 6.67 Å². The minimum absolute atomic E-state index is 1.30. The topological polar surface area (TPSA) is 6.48 Å². The summed E-state index contributed by atoms with van der Waals surface area (Å²) in [6.07, 6.45) is 0. The summed E-state index contributed by atoms with van der Waals surface area (Å²) in [6.45, 7) is 6.44. The van der Waals surface area contributed by atoms with E-state index < -0.39 is 0 Å². The summed E-state index contributed by atoms with van der Waals surface area (Å²) in [7, 11) is 4.17. The molecule has 0 saturated carbocycles. The predicted octanol–water partition coefficient (Wildman–Crippen LogP) is 2.31. The lowest BCUT2D eigenvalue weighted by molar-refractivity contribution is 1.04. The third-order valence-electron chi connectivity index (χ3n) is 2.76. The molecule has 13 heavy (non-hydrogen) atoms. The van der Waals surface area contributed by atoms with Crippen LogP contribution in [0.3, 0.4) is 0 Å². The maximum Gasteiger partial charge on any atom is 0.141 e. The molecule has 1 heterocycles. The van der Waals surface area contributed by atoms with Crippen molar-refractivity contribution in [3.63, 3.8) is 0 Å². The van der Waals surface area contributed by atoms with E-state index in [0.717, 1.165) is 0 Å². The molecule has 1 aliphatic rings. The van der Waals surface area contributed by atoms with Gasteiger partial charge in [-0.25, -0.2) is 0 Å². The quantitative estimate of drug-likeness (QED) is 0.597. The van der Waals surface area contributed by atoms with Crippen molar-refractivity contribution in [2.24, 2.45) is 0 Å². The Bertz CT molecular complexity index is 344. The molecule has 0 aliphatic carbocycles. The van der Waals surface area contributed by atoms with Crippen molar-refractivity contribution < 1.29 is 0 Å². The molecule has 0 saturated heterocycles. The fourth-order valence-corrected chi connectivity index (χ4v) is 1.90. The van der Waals surface area contributed by atoms with Crippen LogP contribution in [0, 0.1) is 20.5 Å². The van der Waals surface area contributed by atoms with E-state index in [1.807, 2.05) is 0 Å². The van der Waals surface area contributed by atoms with Gasteiger partial charge in [-0.1, -0.05) is 6.07 Å². The van der Waals surface area contributed by atoms with Crippen LogP contribution >= 0.6 is 0 Å². The molecule has 0 atom stereocenters. The van der Waals surface area contributed by atoms with Gasteiger partial charge in [0.15, 0.2) is 0 Å². The highest BCUT2D eigenvalue weighted by molar-refractivity contribution is 5.81. The predicted molar refractivity (Wildman–Crippen MR) is 57.0 cm³/mol. The van der Waals surface area contributed by atoms with Crippen LogP contribution in [-0.2, 0) is 0 Å². The van der Waals surface area contributed by atoms with Crippen LogP contribution in [0.5, 0.6) is 0 Å². The minimum atomic E-state index is 1.30. The van der Waals surface area contributed by atoms with E-state index in [9.17, 15) is 0 Å². The summed E-state index contributed by atoms with van der Waals surface area (Å²) in [5.74, 6) is 0. The maximum atomic E-state index is 2.18. The molecular formula is C11H15N2. The molecule has 0 unspecified atom stereocenters. The SMILES string of the molecule is Cc1ccc2c(c1C)N(C)[CH]N2C. The van der Waals surface area contributed by atoms with Crippen LogP contribution in [-0.4, -0.2) is 14.1 Å². The van der Waals surface area contributed by atoms with E-state index in [0.29, 0.717) is 0 Å². The van der Waals surface area contributed by atoms with Gasteiger partial charge >= 0.3 is 0 Å². The lowest BCUT2D eigenvalue weighted by Crippen LogP contribution is -2.17. The monoisotopic (exact) mass is 175 g/mol. The second-order valence-electron chi connectivity index (χ2n) is 3.71. The van der Waals surface area contributed by atoms with Crippen molar-refractivity contribution in [1.29, 1.82) is 0 Å². The first-order valence-electron chi connectivity index (χ1n) is 4.52. The first-order chi connectivity index (χ1) is 6.11. The summed E-state index contributed by atoms with van der Waals surface area (Å²) in [6, 6.07) is 4.36. The standard InChI is InChI=1S/C11H15N2/c1-8-5-6-10-11(9(8)2)13(4)7-12(10)3/h5-7H,1-4H3. The molecule has 2 heteroatoms. The Morgan fingerprint density at radius 3 is 2.38 bits per heavy atom. The number of nitrogens with zero attached hydrogens (tertiary/aromatic N) is 2. The van der Waals surface area contributed by atoms with E-state index in [1.165, 1.54) is 22.5 Å². The van der Waals surface area contributed by atoms with Crippen LogP contribution in [0.4, 0.5) is 11.4 Å². The van der Waals surface area contributed by atoms with Gasteiger partial charge < -0.3 is 9.80 Å². The van der Waals surface area contributed by atoms with Gasteiger partial charge in [-0.2, -0.15) is 0 Å². The van der Waals surface area contributed by atoms with Crippen LogP contribution in [0.15, 0.2) is 12.1 Å². The number of aryl methyl sites for hydroxylation is 1. The molecule has 0 spiro atoms. The van der Waals surface area contributed by atoms with Crippen molar-refractivity contribution >= 4 is 11.4 Å². The first-order valence-corrected chi connectivity index (χ1v) is 4.52. The molecule has 2 rings (SSSR count). The number of hydrogen-bond acceptors (Lipinski definition) is 2. The molecule has 0 amide bonds. The lowest BCUT2D eigenvalue weighted by atomic mass is 10.1. The van der Waals surface area contributed by atoms with Gasteiger partial charge in [-0.15, -0.1) is 0 Å². The van der Waals surface area contributed by atoms with Crippen LogP contribution in [0.25, 0.3) is 0 Å². The molecule has 1 aromatic rings. The number of hydrogen-bond donors (Lipinski definition) is 0. The molecule has 0 fully saturated rings. The highest BCUT2D eigenvalue weighted by Gasteiger charge is 2.22. The average Bonchev–Trinajstić information content (AvgIpc) is 2.35. The zero-order valence-electron chi connectivity index (χ0n) is 8.63. The second kappa shape index (κ2) is 2.66. The number of fused-ring (bicyclic) bond motifs is 1. The van der Waals surface area contributed by atoms with Gasteiger partial charge in [0.05, 0.1) is 11.4 Å². The third-order valence-corrected chi connectivity index (χ3v) is 2.76. The third kappa shape index (κ3) is 1.09. The van der Waals surface area contributed by atoms with Crippen LogP contribution in [0.1, 0.15) is 11.1 Å². The summed E-state index contributed by atoms with van der Waals surface area (Å²) in [4.78, 5) is 4.33. The molecule has 1 radical (unpaired) electrons. The Morgan fingerprint density at radius 1 is 1.00 bits per heavy atom.